The second kappa shape index (κ2) is 5.98. The molecule has 4 aromatic rings. The minimum atomic E-state index is -0.306. The zero-order valence-electron chi connectivity index (χ0n) is 16.3. The molecule has 1 heterocycles. The van der Waals surface area contributed by atoms with Gasteiger partial charge in [0, 0.05) is 9.79 Å². The van der Waals surface area contributed by atoms with Crippen molar-refractivity contribution in [1.29, 1.82) is 0 Å². The Bertz CT molecular complexity index is 1270. The number of rotatable bonds is 1. The van der Waals surface area contributed by atoms with Crippen molar-refractivity contribution in [3.8, 4) is 11.1 Å². The molecule has 0 atom stereocenters. The first-order chi connectivity index (χ1) is 14.2. The minimum Gasteiger partial charge on any atom is -0.0955 e. The molecule has 0 radical (unpaired) electrons. The molecule has 1 spiro atoms. The highest BCUT2D eigenvalue weighted by Gasteiger charge is 2.51. The first-order valence-corrected chi connectivity index (χ1v) is 10.8. The largest absolute Gasteiger partial charge is 0.0955 e. The lowest BCUT2D eigenvalue weighted by atomic mass is 9.66. The van der Waals surface area contributed by atoms with Crippen molar-refractivity contribution in [2.75, 3.05) is 0 Å². The van der Waals surface area contributed by atoms with Crippen LogP contribution in [0.4, 0.5) is 0 Å². The molecule has 0 amide bonds. The number of allylic oxidation sites excluding steroid dienone is 1. The molecule has 1 heteroatoms. The molecule has 2 aliphatic rings. The van der Waals surface area contributed by atoms with Crippen molar-refractivity contribution in [3.63, 3.8) is 0 Å². The third-order valence-electron chi connectivity index (χ3n) is 6.32. The van der Waals surface area contributed by atoms with Crippen LogP contribution in [0.25, 0.3) is 16.7 Å². The van der Waals surface area contributed by atoms with Crippen LogP contribution in [0.3, 0.4) is 0 Å². The average molecular weight is 389 g/mol. The van der Waals surface area contributed by atoms with Gasteiger partial charge in [-0.15, -0.1) is 0 Å². The van der Waals surface area contributed by atoms with Crippen LogP contribution < -0.4 is 0 Å². The molecule has 0 unspecified atom stereocenters. The summed E-state index contributed by atoms with van der Waals surface area (Å²) in [6.45, 7) is 6.48. The van der Waals surface area contributed by atoms with Gasteiger partial charge in [0.25, 0.3) is 0 Å². The molecule has 6 rings (SSSR count). The van der Waals surface area contributed by atoms with Crippen molar-refractivity contribution in [3.05, 3.63) is 125 Å². The molecule has 4 aromatic carbocycles. The van der Waals surface area contributed by atoms with E-state index in [0.717, 1.165) is 5.57 Å². The summed E-state index contributed by atoms with van der Waals surface area (Å²) in [7, 11) is 0. The molecular formula is C28H20S. The first-order valence-electron chi connectivity index (χ1n) is 9.99. The predicted molar refractivity (Wildman–Crippen MR) is 123 cm³/mol. The van der Waals surface area contributed by atoms with E-state index in [0.29, 0.717) is 0 Å². The molecule has 0 fully saturated rings. The van der Waals surface area contributed by atoms with Gasteiger partial charge in [-0.2, -0.15) is 0 Å². The topological polar surface area (TPSA) is 0 Å². The Hall–Kier alpha value is -3.03. The van der Waals surface area contributed by atoms with E-state index in [-0.39, 0.29) is 5.41 Å². The Morgan fingerprint density at radius 1 is 0.655 bits per heavy atom. The lowest BCUT2D eigenvalue weighted by Gasteiger charge is -2.40. The minimum absolute atomic E-state index is 0.306. The summed E-state index contributed by atoms with van der Waals surface area (Å²) in [5.41, 5.74) is 10.3. The second-order valence-corrected chi connectivity index (χ2v) is 8.98. The highest BCUT2D eigenvalue weighted by atomic mass is 32.2. The lowest BCUT2D eigenvalue weighted by Crippen LogP contribution is -2.32. The molecule has 1 aliphatic carbocycles. The molecule has 1 aliphatic heterocycles. The van der Waals surface area contributed by atoms with E-state index in [9.17, 15) is 0 Å². The van der Waals surface area contributed by atoms with Gasteiger partial charge in [-0.1, -0.05) is 103 Å². The maximum atomic E-state index is 4.35. The van der Waals surface area contributed by atoms with Gasteiger partial charge in [0.15, 0.2) is 0 Å². The van der Waals surface area contributed by atoms with Gasteiger partial charge in [0.2, 0.25) is 0 Å². The summed E-state index contributed by atoms with van der Waals surface area (Å²) in [5.74, 6) is 0. The summed E-state index contributed by atoms with van der Waals surface area (Å²) in [4.78, 5) is 2.68. The summed E-state index contributed by atoms with van der Waals surface area (Å²) in [5, 5.41) is 0. The smallest absolute Gasteiger partial charge is 0.0741 e. The van der Waals surface area contributed by atoms with Gasteiger partial charge in [0.05, 0.1) is 5.41 Å². The normalized spacial score (nSPS) is 14.7. The SMILES string of the molecule is C=C(C)c1cccc2c1C1(c3ccccc3Sc3ccccc31)c1ccccc1-2. The fraction of sp³-hybridized carbons (Fsp3) is 0.0714. The van der Waals surface area contributed by atoms with Gasteiger partial charge in [-0.05, 0) is 58.0 Å². The quantitative estimate of drug-likeness (QED) is 0.280. The van der Waals surface area contributed by atoms with E-state index in [1.54, 1.807) is 0 Å². The van der Waals surface area contributed by atoms with Crippen LogP contribution in [0.15, 0.2) is 107 Å². The first kappa shape index (κ1) is 16.9. The van der Waals surface area contributed by atoms with E-state index < -0.39 is 0 Å². The van der Waals surface area contributed by atoms with Crippen LogP contribution >= 0.6 is 11.8 Å². The molecule has 0 bridgehead atoms. The monoisotopic (exact) mass is 388 g/mol. The van der Waals surface area contributed by atoms with Gasteiger partial charge >= 0.3 is 0 Å². The highest BCUT2D eigenvalue weighted by molar-refractivity contribution is 7.99. The van der Waals surface area contributed by atoms with Crippen molar-refractivity contribution in [1.82, 2.24) is 0 Å². The summed E-state index contributed by atoms with van der Waals surface area (Å²) >= 11 is 1.88. The van der Waals surface area contributed by atoms with E-state index >= 15 is 0 Å². The highest BCUT2D eigenvalue weighted by Crippen LogP contribution is 2.63. The number of fused-ring (bicyclic) bond motifs is 9. The third-order valence-corrected chi connectivity index (χ3v) is 7.47. The number of hydrogen-bond acceptors (Lipinski definition) is 1. The standard InChI is InChI=1S/C28H20S/c1-18(2)19-11-9-12-21-20-10-3-4-13-22(20)28(27(19)21)23-14-5-7-16-25(23)29-26-17-8-6-15-24(26)28/h3-17H,1H2,2H3. The van der Waals surface area contributed by atoms with Crippen LogP contribution in [0.5, 0.6) is 0 Å². The zero-order valence-corrected chi connectivity index (χ0v) is 17.1. The van der Waals surface area contributed by atoms with Crippen molar-refractivity contribution in [2.24, 2.45) is 0 Å². The van der Waals surface area contributed by atoms with Gasteiger partial charge in [0.1, 0.15) is 0 Å². The Labute approximate surface area is 175 Å². The van der Waals surface area contributed by atoms with Gasteiger partial charge in [-0.25, -0.2) is 0 Å². The van der Waals surface area contributed by atoms with Crippen molar-refractivity contribution >= 4 is 17.3 Å². The molecule has 0 nitrogen and oxygen atoms in total. The molecule has 138 valence electrons. The van der Waals surface area contributed by atoms with Crippen LogP contribution in [0.1, 0.15) is 34.7 Å². The van der Waals surface area contributed by atoms with Crippen LogP contribution in [-0.2, 0) is 5.41 Å². The van der Waals surface area contributed by atoms with Gasteiger partial charge < -0.3 is 0 Å². The fourth-order valence-corrected chi connectivity index (χ4v) is 6.46. The van der Waals surface area contributed by atoms with Crippen molar-refractivity contribution in [2.45, 2.75) is 22.1 Å². The summed E-state index contributed by atoms with van der Waals surface area (Å²) < 4.78 is 0. The van der Waals surface area contributed by atoms with E-state index in [1.165, 1.54) is 48.7 Å². The molecule has 0 aromatic heterocycles. The van der Waals surface area contributed by atoms with Crippen molar-refractivity contribution < 1.29 is 0 Å². The maximum Gasteiger partial charge on any atom is 0.0741 e. The molecular weight excluding hydrogens is 368 g/mol. The Balaban J connectivity index is 1.89. The predicted octanol–water partition coefficient (Wildman–Crippen LogP) is 7.55. The van der Waals surface area contributed by atoms with E-state index in [1.807, 2.05) is 11.8 Å². The number of hydrogen-bond donors (Lipinski definition) is 0. The van der Waals surface area contributed by atoms with Gasteiger partial charge in [-0.3, -0.25) is 0 Å². The molecule has 29 heavy (non-hydrogen) atoms. The second-order valence-electron chi connectivity index (χ2n) is 7.90. The lowest BCUT2D eigenvalue weighted by molar-refractivity contribution is 0.720. The van der Waals surface area contributed by atoms with Crippen LogP contribution in [0, 0.1) is 0 Å². The summed E-state index contributed by atoms with van der Waals surface area (Å²) in [6, 6.07) is 33.5. The molecule has 0 N–H and O–H groups in total. The Kier molecular flexibility index (Phi) is 3.48. The molecule has 0 saturated carbocycles. The van der Waals surface area contributed by atoms with Crippen LogP contribution in [0.2, 0.25) is 0 Å². The Morgan fingerprint density at radius 2 is 1.21 bits per heavy atom. The van der Waals surface area contributed by atoms with E-state index in [2.05, 4.69) is 104 Å². The maximum absolute atomic E-state index is 4.35. The number of benzene rings is 4. The van der Waals surface area contributed by atoms with Crippen LogP contribution in [-0.4, -0.2) is 0 Å². The average Bonchev–Trinajstić information content (AvgIpc) is 3.06. The fourth-order valence-electron chi connectivity index (χ4n) is 5.27. The molecule has 0 saturated heterocycles. The Morgan fingerprint density at radius 3 is 1.86 bits per heavy atom. The van der Waals surface area contributed by atoms with E-state index in [4.69, 9.17) is 0 Å². The zero-order chi connectivity index (χ0) is 19.6. The summed E-state index contributed by atoms with van der Waals surface area (Å²) in [6.07, 6.45) is 0. The third kappa shape index (κ3) is 2.06.